The fourth-order valence-electron chi connectivity index (χ4n) is 1.90. The van der Waals surface area contributed by atoms with Gasteiger partial charge in [0.15, 0.2) is 0 Å². The normalized spacial score (nSPS) is 10.4. The molecule has 0 aromatic heterocycles. The van der Waals surface area contributed by atoms with Crippen LogP contribution in [0.25, 0.3) is 0 Å². The number of benzene rings is 2. The van der Waals surface area contributed by atoms with E-state index >= 15 is 0 Å². The molecule has 130 valence electrons. The van der Waals surface area contributed by atoms with Crippen molar-refractivity contribution >= 4 is 17.6 Å². The zero-order valence-electron chi connectivity index (χ0n) is 13.8. The highest BCUT2D eigenvalue weighted by Gasteiger charge is 2.14. The van der Waals surface area contributed by atoms with Gasteiger partial charge in [-0.05, 0) is 36.2 Å². The summed E-state index contributed by atoms with van der Waals surface area (Å²) < 4.78 is 10.3. The Labute approximate surface area is 144 Å². The van der Waals surface area contributed by atoms with Crippen LogP contribution in [0, 0.1) is 16.0 Å². The van der Waals surface area contributed by atoms with Crippen molar-refractivity contribution in [3.8, 4) is 5.75 Å². The number of nitro groups is 1. The lowest BCUT2D eigenvalue weighted by Crippen LogP contribution is -2.11. The van der Waals surface area contributed by atoms with Crippen LogP contribution in [0.15, 0.2) is 48.5 Å². The minimum atomic E-state index is -0.678. The first-order valence-corrected chi connectivity index (χ1v) is 7.60. The molecule has 0 saturated carbocycles. The van der Waals surface area contributed by atoms with Gasteiger partial charge in [0.1, 0.15) is 5.75 Å². The Kier molecular flexibility index (Phi) is 5.84. The molecule has 2 aromatic rings. The van der Waals surface area contributed by atoms with E-state index in [0.717, 1.165) is 0 Å². The highest BCUT2D eigenvalue weighted by molar-refractivity contribution is 5.92. The molecule has 0 bridgehead atoms. The number of hydrogen-bond acceptors (Lipinski definition) is 6. The fraction of sp³-hybridized carbons (Fsp3) is 0.222. The molecule has 25 heavy (non-hydrogen) atoms. The molecule has 0 amide bonds. The monoisotopic (exact) mass is 343 g/mol. The van der Waals surface area contributed by atoms with Gasteiger partial charge in [0.2, 0.25) is 0 Å². The molecule has 0 unspecified atom stereocenters. The summed E-state index contributed by atoms with van der Waals surface area (Å²) in [5, 5.41) is 10.6. The summed E-state index contributed by atoms with van der Waals surface area (Å²) in [7, 11) is 0. The summed E-state index contributed by atoms with van der Waals surface area (Å²) in [5.41, 5.74) is 0.319. The van der Waals surface area contributed by atoms with Gasteiger partial charge < -0.3 is 9.47 Å². The third-order valence-corrected chi connectivity index (χ3v) is 3.14. The summed E-state index contributed by atoms with van der Waals surface area (Å²) in [6.45, 7) is 4.15. The maximum atomic E-state index is 12.1. The standard InChI is InChI=1S/C18H17NO6/c1-12(2)11-24-17(20)14-4-3-5-16(10-14)25-18(21)13-6-8-15(9-7-13)19(22)23/h3-10,12H,11H2,1-2H3. The Hall–Kier alpha value is -3.22. The summed E-state index contributed by atoms with van der Waals surface area (Å²) in [6, 6.07) is 11.1. The van der Waals surface area contributed by atoms with Crippen molar-refractivity contribution in [2.24, 2.45) is 5.92 Å². The molecule has 0 N–H and O–H groups in total. The molecule has 0 fully saturated rings. The second kappa shape index (κ2) is 8.05. The summed E-state index contributed by atoms with van der Waals surface area (Å²) in [6.07, 6.45) is 0. The molecule has 7 nitrogen and oxygen atoms in total. The fourth-order valence-corrected chi connectivity index (χ4v) is 1.90. The summed E-state index contributed by atoms with van der Waals surface area (Å²) in [4.78, 5) is 34.1. The molecule has 2 aromatic carbocycles. The Morgan fingerprint density at radius 3 is 2.32 bits per heavy atom. The van der Waals surface area contributed by atoms with Crippen molar-refractivity contribution in [1.82, 2.24) is 0 Å². The van der Waals surface area contributed by atoms with E-state index in [4.69, 9.17) is 9.47 Å². The number of rotatable bonds is 6. The number of non-ortho nitro benzene ring substituents is 1. The van der Waals surface area contributed by atoms with Crippen molar-refractivity contribution in [3.05, 3.63) is 69.8 Å². The van der Waals surface area contributed by atoms with E-state index in [1.807, 2.05) is 13.8 Å². The maximum Gasteiger partial charge on any atom is 0.343 e. The molecule has 0 saturated heterocycles. The lowest BCUT2D eigenvalue weighted by Gasteiger charge is -2.08. The number of nitrogens with zero attached hydrogens (tertiary/aromatic N) is 1. The van der Waals surface area contributed by atoms with Crippen molar-refractivity contribution < 1.29 is 24.0 Å². The SMILES string of the molecule is CC(C)COC(=O)c1cccc(OC(=O)c2ccc([N+](=O)[O-])cc2)c1. The first kappa shape index (κ1) is 18.1. The molecular formula is C18H17NO6. The zero-order chi connectivity index (χ0) is 18.4. The van der Waals surface area contributed by atoms with Crippen LogP contribution in [0.2, 0.25) is 0 Å². The van der Waals surface area contributed by atoms with Crippen molar-refractivity contribution in [2.45, 2.75) is 13.8 Å². The van der Waals surface area contributed by atoms with E-state index < -0.39 is 16.9 Å². The highest BCUT2D eigenvalue weighted by atomic mass is 16.6. The van der Waals surface area contributed by atoms with Crippen LogP contribution >= 0.6 is 0 Å². The lowest BCUT2D eigenvalue weighted by molar-refractivity contribution is -0.384. The van der Waals surface area contributed by atoms with Crippen LogP contribution in [0.4, 0.5) is 5.69 Å². The number of esters is 2. The topological polar surface area (TPSA) is 95.7 Å². The van der Waals surface area contributed by atoms with E-state index in [1.165, 1.54) is 36.4 Å². The molecule has 0 aliphatic heterocycles. The molecule has 0 atom stereocenters. The van der Waals surface area contributed by atoms with Gasteiger partial charge in [-0.15, -0.1) is 0 Å². The van der Waals surface area contributed by atoms with Crippen molar-refractivity contribution in [2.75, 3.05) is 6.61 Å². The van der Waals surface area contributed by atoms with Crippen LogP contribution in [-0.4, -0.2) is 23.5 Å². The third-order valence-electron chi connectivity index (χ3n) is 3.14. The molecule has 0 aliphatic carbocycles. The predicted molar refractivity (Wildman–Crippen MR) is 89.6 cm³/mol. The maximum absolute atomic E-state index is 12.1. The molecule has 0 aliphatic rings. The largest absolute Gasteiger partial charge is 0.462 e. The second-order valence-electron chi connectivity index (χ2n) is 5.71. The first-order valence-electron chi connectivity index (χ1n) is 7.60. The Morgan fingerprint density at radius 1 is 1.04 bits per heavy atom. The van der Waals surface area contributed by atoms with Crippen LogP contribution < -0.4 is 4.74 Å². The molecule has 0 radical (unpaired) electrons. The number of carbonyl (C=O) groups is 2. The number of ether oxygens (including phenoxy) is 2. The van der Waals surface area contributed by atoms with Crippen LogP contribution in [-0.2, 0) is 4.74 Å². The minimum absolute atomic E-state index is 0.119. The molecular weight excluding hydrogens is 326 g/mol. The van der Waals surface area contributed by atoms with E-state index in [2.05, 4.69) is 0 Å². The minimum Gasteiger partial charge on any atom is -0.462 e. The van der Waals surface area contributed by atoms with E-state index in [0.29, 0.717) is 6.61 Å². The quantitative estimate of drug-likeness (QED) is 0.344. The summed E-state index contributed by atoms with van der Waals surface area (Å²) >= 11 is 0. The third kappa shape index (κ3) is 5.13. The number of nitro benzene ring substituents is 1. The number of hydrogen-bond donors (Lipinski definition) is 0. The van der Waals surface area contributed by atoms with E-state index in [-0.39, 0.29) is 28.5 Å². The molecule has 0 heterocycles. The van der Waals surface area contributed by atoms with Crippen LogP contribution in [0.3, 0.4) is 0 Å². The van der Waals surface area contributed by atoms with Gasteiger partial charge in [-0.1, -0.05) is 19.9 Å². The van der Waals surface area contributed by atoms with Crippen molar-refractivity contribution in [3.63, 3.8) is 0 Å². The van der Waals surface area contributed by atoms with E-state index in [9.17, 15) is 19.7 Å². The smallest absolute Gasteiger partial charge is 0.343 e. The summed E-state index contributed by atoms with van der Waals surface area (Å²) in [5.74, 6) is -0.779. The first-order chi connectivity index (χ1) is 11.9. The van der Waals surface area contributed by atoms with Gasteiger partial charge in [-0.3, -0.25) is 10.1 Å². The average Bonchev–Trinajstić information content (AvgIpc) is 2.59. The predicted octanol–water partition coefficient (Wildman–Crippen LogP) is 3.63. The van der Waals surface area contributed by atoms with E-state index in [1.54, 1.807) is 12.1 Å². The lowest BCUT2D eigenvalue weighted by atomic mass is 10.2. The molecule has 0 spiro atoms. The highest BCUT2D eigenvalue weighted by Crippen LogP contribution is 2.18. The second-order valence-corrected chi connectivity index (χ2v) is 5.71. The zero-order valence-corrected chi connectivity index (χ0v) is 13.8. The number of carbonyl (C=O) groups excluding carboxylic acids is 2. The van der Waals surface area contributed by atoms with Crippen molar-refractivity contribution in [1.29, 1.82) is 0 Å². The molecule has 2 rings (SSSR count). The van der Waals surface area contributed by atoms with Gasteiger partial charge in [0.25, 0.3) is 5.69 Å². The van der Waals surface area contributed by atoms with Gasteiger partial charge in [0.05, 0.1) is 22.7 Å². The van der Waals surface area contributed by atoms with Crippen LogP contribution in [0.1, 0.15) is 34.6 Å². The Bertz CT molecular complexity index is 782. The van der Waals surface area contributed by atoms with Gasteiger partial charge in [-0.2, -0.15) is 0 Å². The van der Waals surface area contributed by atoms with Gasteiger partial charge in [0, 0.05) is 12.1 Å². The van der Waals surface area contributed by atoms with Gasteiger partial charge >= 0.3 is 11.9 Å². The molecule has 7 heteroatoms. The Balaban J connectivity index is 2.07. The Morgan fingerprint density at radius 2 is 1.72 bits per heavy atom. The van der Waals surface area contributed by atoms with Gasteiger partial charge in [-0.25, -0.2) is 9.59 Å². The average molecular weight is 343 g/mol. The van der Waals surface area contributed by atoms with Crippen LogP contribution in [0.5, 0.6) is 5.75 Å².